The van der Waals surface area contributed by atoms with Gasteiger partial charge in [-0.05, 0) is 37.2 Å². The first kappa shape index (κ1) is 21.8. The van der Waals surface area contributed by atoms with Gasteiger partial charge in [-0.15, -0.1) is 0 Å². The quantitative estimate of drug-likeness (QED) is 0.500. The fourth-order valence-corrected chi connectivity index (χ4v) is 4.22. The number of imide groups is 1. The summed E-state index contributed by atoms with van der Waals surface area (Å²) in [5.41, 5.74) is 1.84. The zero-order valence-electron chi connectivity index (χ0n) is 18.3. The molecule has 0 radical (unpaired) electrons. The van der Waals surface area contributed by atoms with Gasteiger partial charge < -0.3 is 15.0 Å². The fourth-order valence-electron chi connectivity index (χ4n) is 4.22. The number of carbonyl (C=O) groups is 3. The van der Waals surface area contributed by atoms with Crippen molar-refractivity contribution in [1.29, 1.82) is 0 Å². The Kier molecular flexibility index (Phi) is 6.70. The molecule has 0 aromatic heterocycles. The molecule has 8 heteroatoms. The average molecular weight is 437 g/mol. The van der Waals surface area contributed by atoms with Crippen molar-refractivity contribution in [3.63, 3.8) is 0 Å². The van der Waals surface area contributed by atoms with Crippen LogP contribution in [-0.2, 0) is 4.79 Å². The number of ether oxygens (including phenoxy) is 1. The van der Waals surface area contributed by atoms with Crippen molar-refractivity contribution in [3.05, 3.63) is 59.7 Å². The van der Waals surface area contributed by atoms with Gasteiger partial charge in [0.15, 0.2) is 0 Å². The number of anilines is 1. The van der Waals surface area contributed by atoms with E-state index in [0.29, 0.717) is 17.7 Å². The van der Waals surface area contributed by atoms with Gasteiger partial charge in [-0.1, -0.05) is 24.3 Å². The van der Waals surface area contributed by atoms with E-state index in [9.17, 15) is 14.4 Å². The van der Waals surface area contributed by atoms with Gasteiger partial charge in [0.05, 0.1) is 23.9 Å². The van der Waals surface area contributed by atoms with Crippen molar-refractivity contribution >= 4 is 23.4 Å². The number of rotatable bonds is 8. The molecule has 168 valence electrons. The molecule has 2 aromatic carbocycles. The molecule has 8 nitrogen and oxygen atoms in total. The minimum atomic E-state index is -0.409. The molecule has 3 amide bonds. The predicted molar refractivity (Wildman–Crippen MR) is 121 cm³/mol. The lowest BCUT2D eigenvalue weighted by molar-refractivity contribution is -0.121. The largest absolute Gasteiger partial charge is 0.495 e. The summed E-state index contributed by atoms with van der Waals surface area (Å²) in [6.45, 7) is 4.88. The molecular formula is C24H28N4O4. The van der Waals surface area contributed by atoms with Crippen LogP contribution in [0.2, 0.25) is 0 Å². The summed E-state index contributed by atoms with van der Waals surface area (Å²) >= 11 is 0. The topological polar surface area (TPSA) is 82.2 Å². The van der Waals surface area contributed by atoms with Gasteiger partial charge in [0, 0.05) is 32.7 Å². The lowest BCUT2D eigenvalue weighted by atomic mass is 10.1. The van der Waals surface area contributed by atoms with E-state index in [1.165, 1.54) is 0 Å². The number of para-hydroxylation sites is 2. The van der Waals surface area contributed by atoms with Gasteiger partial charge in [0.1, 0.15) is 12.3 Å². The van der Waals surface area contributed by atoms with Crippen LogP contribution in [-0.4, -0.2) is 80.4 Å². The second-order valence-electron chi connectivity index (χ2n) is 7.95. The van der Waals surface area contributed by atoms with Crippen LogP contribution in [0.3, 0.4) is 0 Å². The predicted octanol–water partition coefficient (Wildman–Crippen LogP) is 1.62. The highest BCUT2D eigenvalue weighted by Crippen LogP contribution is 2.28. The number of nitrogens with zero attached hydrogens (tertiary/aromatic N) is 3. The minimum absolute atomic E-state index is 0.246. The molecule has 1 saturated heterocycles. The molecule has 1 fully saturated rings. The number of benzene rings is 2. The number of amides is 3. The second kappa shape index (κ2) is 9.82. The monoisotopic (exact) mass is 436 g/mol. The van der Waals surface area contributed by atoms with E-state index < -0.39 is 11.8 Å². The Morgan fingerprint density at radius 2 is 1.56 bits per heavy atom. The van der Waals surface area contributed by atoms with Crippen LogP contribution in [0.15, 0.2) is 48.5 Å². The molecule has 2 heterocycles. The van der Waals surface area contributed by atoms with Gasteiger partial charge >= 0.3 is 0 Å². The first-order valence-electron chi connectivity index (χ1n) is 10.9. The second-order valence-corrected chi connectivity index (χ2v) is 7.95. The maximum Gasteiger partial charge on any atom is 0.262 e. The van der Waals surface area contributed by atoms with Gasteiger partial charge in [-0.25, -0.2) is 0 Å². The van der Waals surface area contributed by atoms with Crippen molar-refractivity contribution < 1.29 is 19.1 Å². The molecule has 0 aliphatic carbocycles. The van der Waals surface area contributed by atoms with Crippen molar-refractivity contribution in [2.45, 2.75) is 6.42 Å². The molecule has 2 aliphatic heterocycles. The molecule has 4 rings (SSSR count). The molecule has 0 bridgehead atoms. The Bertz CT molecular complexity index is 966. The van der Waals surface area contributed by atoms with E-state index in [2.05, 4.69) is 21.2 Å². The molecule has 0 saturated carbocycles. The van der Waals surface area contributed by atoms with E-state index >= 15 is 0 Å². The molecular weight excluding hydrogens is 408 g/mol. The Hall–Kier alpha value is -3.39. The highest BCUT2D eigenvalue weighted by Gasteiger charge is 2.36. The number of hydrogen-bond acceptors (Lipinski definition) is 6. The van der Waals surface area contributed by atoms with E-state index in [0.717, 1.165) is 55.5 Å². The Balaban J connectivity index is 1.16. The average Bonchev–Trinajstić information content (AvgIpc) is 3.07. The molecule has 0 unspecified atom stereocenters. The molecule has 1 N–H and O–H groups in total. The van der Waals surface area contributed by atoms with E-state index in [1.54, 1.807) is 31.4 Å². The smallest absolute Gasteiger partial charge is 0.262 e. The fraction of sp³-hybridized carbons (Fsp3) is 0.375. The van der Waals surface area contributed by atoms with Crippen molar-refractivity contribution in [2.75, 3.05) is 57.8 Å². The van der Waals surface area contributed by atoms with Crippen LogP contribution >= 0.6 is 0 Å². The zero-order chi connectivity index (χ0) is 22.5. The maximum absolute atomic E-state index is 12.4. The normalized spacial score (nSPS) is 16.3. The van der Waals surface area contributed by atoms with Crippen molar-refractivity contribution in [1.82, 2.24) is 15.1 Å². The Morgan fingerprint density at radius 1 is 0.938 bits per heavy atom. The molecule has 32 heavy (non-hydrogen) atoms. The molecule has 0 atom stereocenters. The number of nitrogens with one attached hydrogen (secondary N) is 1. The Labute approximate surface area is 187 Å². The van der Waals surface area contributed by atoms with Crippen molar-refractivity contribution in [2.24, 2.45) is 0 Å². The summed E-state index contributed by atoms with van der Waals surface area (Å²) in [5.74, 6) is -0.246. The number of hydrogen-bond donors (Lipinski definition) is 1. The Morgan fingerprint density at radius 3 is 2.22 bits per heavy atom. The van der Waals surface area contributed by atoms with E-state index in [1.807, 2.05) is 18.2 Å². The summed E-state index contributed by atoms with van der Waals surface area (Å²) in [4.78, 5) is 42.7. The summed E-state index contributed by atoms with van der Waals surface area (Å²) in [6.07, 6.45) is 0.808. The highest BCUT2D eigenvalue weighted by atomic mass is 16.5. The van der Waals surface area contributed by atoms with Gasteiger partial charge in [-0.3, -0.25) is 24.2 Å². The third-order valence-corrected chi connectivity index (χ3v) is 5.95. The molecule has 0 spiro atoms. The molecule has 2 aromatic rings. The van der Waals surface area contributed by atoms with Crippen LogP contribution in [0, 0.1) is 0 Å². The zero-order valence-corrected chi connectivity index (χ0v) is 18.3. The van der Waals surface area contributed by atoms with Crippen LogP contribution in [0.4, 0.5) is 5.69 Å². The van der Waals surface area contributed by atoms with Crippen LogP contribution in [0.5, 0.6) is 5.75 Å². The third-order valence-electron chi connectivity index (χ3n) is 5.95. The third kappa shape index (κ3) is 4.60. The lowest BCUT2D eigenvalue weighted by Crippen LogP contribution is -2.47. The van der Waals surface area contributed by atoms with Gasteiger partial charge in [-0.2, -0.15) is 0 Å². The van der Waals surface area contributed by atoms with E-state index in [4.69, 9.17) is 4.74 Å². The lowest BCUT2D eigenvalue weighted by Gasteiger charge is -2.36. The summed E-state index contributed by atoms with van der Waals surface area (Å²) in [7, 11) is 1.69. The number of piperazine rings is 1. The summed E-state index contributed by atoms with van der Waals surface area (Å²) in [5, 5.41) is 2.83. The van der Waals surface area contributed by atoms with Gasteiger partial charge in [0.25, 0.3) is 11.8 Å². The van der Waals surface area contributed by atoms with E-state index in [-0.39, 0.29) is 12.5 Å². The van der Waals surface area contributed by atoms with Crippen LogP contribution < -0.4 is 15.0 Å². The summed E-state index contributed by atoms with van der Waals surface area (Å²) in [6, 6.07) is 14.7. The number of fused-ring (bicyclic) bond motifs is 1. The number of methoxy groups -OCH3 is 1. The molecule has 2 aliphatic rings. The number of carbonyl (C=O) groups excluding carboxylic acids is 3. The van der Waals surface area contributed by atoms with Crippen LogP contribution in [0.1, 0.15) is 27.1 Å². The highest BCUT2D eigenvalue weighted by molar-refractivity contribution is 6.22. The summed E-state index contributed by atoms with van der Waals surface area (Å²) < 4.78 is 5.47. The van der Waals surface area contributed by atoms with Gasteiger partial charge in [0.2, 0.25) is 5.91 Å². The first-order chi connectivity index (χ1) is 15.6. The standard InChI is InChI=1S/C24H28N4O4/c1-32-21-10-5-4-9-20(21)27-15-13-26(14-16-27)12-6-11-25-22(29)17-28-23(30)18-7-2-3-8-19(18)24(28)31/h2-5,7-10H,6,11-17H2,1H3,(H,25,29). The minimum Gasteiger partial charge on any atom is -0.495 e. The van der Waals surface area contributed by atoms with Crippen molar-refractivity contribution in [3.8, 4) is 5.75 Å². The first-order valence-corrected chi connectivity index (χ1v) is 10.9. The maximum atomic E-state index is 12.4. The SMILES string of the molecule is COc1ccccc1N1CCN(CCCNC(=O)CN2C(=O)c3ccccc3C2=O)CC1. The van der Waals surface area contributed by atoms with Crippen LogP contribution in [0.25, 0.3) is 0 Å².